The van der Waals surface area contributed by atoms with E-state index < -0.39 is 0 Å². The van der Waals surface area contributed by atoms with Gasteiger partial charge in [0, 0.05) is 48.9 Å². The minimum Gasteiger partial charge on any atom is -0.366 e. The van der Waals surface area contributed by atoms with Crippen LogP contribution in [0.4, 0.5) is 0 Å². The van der Waals surface area contributed by atoms with Crippen LogP contribution in [0.3, 0.4) is 0 Å². The molecular weight excluding hydrogens is 330 g/mol. The summed E-state index contributed by atoms with van der Waals surface area (Å²) in [4.78, 5) is 22.2. The fourth-order valence-corrected chi connectivity index (χ4v) is 2.57. The molecule has 5 heteroatoms. The molecule has 2 aromatic heterocycles. The number of hydrogen-bond donors (Lipinski definition) is 0. The number of thiocarbonyl (C=S) groups is 1. The van der Waals surface area contributed by atoms with E-state index in [2.05, 4.69) is 34.8 Å². The number of aryl methyl sites for hydroxylation is 2. The zero-order valence-corrected chi connectivity index (χ0v) is 16.6. The number of hydrogen-bond acceptors (Lipinski definition) is 4. The quantitative estimate of drug-likeness (QED) is 0.593. The Morgan fingerprint density at radius 1 is 1.00 bits per heavy atom. The van der Waals surface area contributed by atoms with E-state index in [0.717, 1.165) is 35.9 Å². The molecule has 0 atom stereocenters. The third kappa shape index (κ3) is 7.52. The van der Waals surface area contributed by atoms with Crippen LogP contribution < -0.4 is 0 Å². The van der Waals surface area contributed by atoms with Crippen LogP contribution in [0, 0.1) is 13.8 Å². The normalized spacial score (nSPS) is 9.80. The smallest absolute Gasteiger partial charge is 0.161 e. The van der Waals surface area contributed by atoms with E-state index in [1.165, 1.54) is 12.5 Å². The molecule has 25 heavy (non-hydrogen) atoms. The molecule has 0 saturated carbocycles. The Bertz CT molecular complexity index is 677. The van der Waals surface area contributed by atoms with Crippen LogP contribution in [0.5, 0.6) is 0 Å². The molecule has 2 rings (SSSR count). The third-order valence-electron chi connectivity index (χ3n) is 3.76. The average molecular weight is 358 g/mol. The summed E-state index contributed by atoms with van der Waals surface area (Å²) >= 11 is 5.39. The molecule has 0 spiro atoms. The molecule has 0 amide bonds. The summed E-state index contributed by atoms with van der Waals surface area (Å²) in [6, 6.07) is 7.74. The fraction of sp³-hybridized carbons (Fsp3) is 0.400. The predicted octanol–water partition coefficient (Wildman–Crippen LogP) is 4.19. The first-order chi connectivity index (χ1) is 11.9. The second kappa shape index (κ2) is 10.7. The number of carbonyl (C=O) groups excluding carboxylic acids is 1. The summed E-state index contributed by atoms with van der Waals surface area (Å²) in [7, 11) is 0. The summed E-state index contributed by atoms with van der Waals surface area (Å²) in [6.45, 7) is 11.6. The number of aromatic nitrogens is 2. The molecule has 134 valence electrons. The lowest BCUT2D eigenvalue weighted by Crippen LogP contribution is -2.30. The standard InChI is InChI=1S/C12H18N2S.C8H9NO/c1-4-14(5-2)12(15)8-11-7-6-10(3)13-9-11;1-6-3-4-8(5-9-6)7(2)10/h6-7,9H,4-5,8H2,1-3H3;3-5H,1-2H3. The van der Waals surface area contributed by atoms with Crippen molar-refractivity contribution in [1.29, 1.82) is 0 Å². The van der Waals surface area contributed by atoms with Crippen LogP contribution in [0.25, 0.3) is 0 Å². The molecule has 4 nitrogen and oxygen atoms in total. The van der Waals surface area contributed by atoms with E-state index in [1.807, 2.05) is 32.2 Å². The first-order valence-electron chi connectivity index (χ1n) is 8.50. The minimum absolute atomic E-state index is 0.0625. The maximum atomic E-state index is 10.7. The van der Waals surface area contributed by atoms with Crippen LogP contribution in [-0.4, -0.2) is 38.7 Å². The van der Waals surface area contributed by atoms with E-state index in [-0.39, 0.29) is 5.78 Å². The molecule has 0 aliphatic carbocycles. The minimum atomic E-state index is 0.0625. The van der Waals surface area contributed by atoms with Gasteiger partial charge < -0.3 is 4.90 Å². The average Bonchev–Trinajstić information content (AvgIpc) is 2.59. The molecule has 0 aliphatic rings. The summed E-state index contributed by atoms with van der Waals surface area (Å²) in [6.07, 6.45) is 4.33. The Hall–Kier alpha value is -2.14. The van der Waals surface area contributed by atoms with Gasteiger partial charge in [0.1, 0.15) is 0 Å². The van der Waals surface area contributed by atoms with Gasteiger partial charge in [0.2, 0.25) is 0 Å². The van der Waals surface area contributed by atoms with Gasteiger partial charge >= 0.3 is 0 Å². The van der Waals surface area contributed by atoms with E-state index >= 15 is 0 Å². The third-order valence-corrected chi connectivity index (χ3v) is 4.16. The van der Waals surface area contributed by atoms with Gasteiger partial charge in [-0.2, -0.15) is 0 Å². The Morgan fingerprint density at radius 2 is 1.56 bits per heavy atom. The van der Waals surface area contributed by atoms with Gasteiger partial charge in [-0.1, -0.05) is 18.3 Å². The first-order valence-corrected chi connectivity index (χ1v) is 8.91. The van der Waals surface area contributed by atoms with E-state index in [4.69, 9.17) is 12.2 Å². The van der Waals surface area contributed by atoms with E-state index in [0.29, 0.717) is 5.56 Å². The number of Topliss-reactive ketones (excluding diaryl/α,β-unsaturated/α-hetero) is 1. The van der Waals surface area contributed by atoms with Crippen LogP contribution in [0.2, 0.25) is 0 Å². The molecule has 0 saturated heterocycles. The highest BCUT2D eigenvalue weighted by Gasteiger charge is 2.06. The lowest BCUT2D eigenvalue weighted by Gasteiger charge is -2.21. The highest BCUT2D eigenvalue weighted by molar-refractivity contribution is 7.80. The molecule has 0 bridgehead atoms. The van der Waals surface area contributed by atoms with Gasteiger partial charge in [0.15, 0.2) is 5.78 Å². The van der Waals surface area contributed by atoms with Crippen molar-refractivity contribution in [2.24, 2.45) is 0 Å². The first kappa shape index (κ1) is 20.9. The zero-order chi connectivity index (χ0) is 18.8. The van der Waals surface area contributed by atoms with Gasteiger partial charge in [-0.3, -0.25) is 14.8 Å². The van der Waals surface area contributed by atoms with Gasteiger partial charge in [-0.25, -0.2) is 0 Å². The number of pyridine rings is 2. The van der Waals surface area contributed by atoms with Crippen molar-refractivity contribution in [3.8, 4) is 0 Å². The van der Waals surface area contributed by atoms with Crippen LogP contribution in [0.1, 0.15) is 48.1 Å². The Balaban J connectivity index is 0.000000271. The second-order valence-corrected chi connectivity index (χ2v) is 6.27. The lowest BCUT2D eigenvalue weighted by atomic mass is 10.2. The van der Waals surface area contributed by atoms with Crippen molar-refractivity contribution in [1.82, 2.24) is 14.9 Å². The number of ketones is 1. The molecule has 0 aromatic carbocycles. The van der Waals surface area contributed by atoms with Crippen molar-refractivity contribution in [2.45, 2.75) is 41.0 Å². The van der Waals surface area contributed by atoms with E-state index in [9.17, 15) is 4.79 Å². The Labute approximate surface area is 156 Å². The molecule has 2 aromatic rings. The number of carbonyl (C=O) groups is 1. The van der Waals surface area contributed by atoms with Gasteiger partial charge in [-0.15, -0.1) is 0 Å². The number of rotatable bonds is 5. The van der Waals surface area contributed by atoms with Crippen LogP contribution in [-0.2, 0) is 6.42 Å². The summed E-state index contributed by atoms with van der Waals surface area (Å²) in [5, 5.41) is 0. The Morgan fingerprint density at radius 3 is 1.96 bits per heavy atom. The zero-order valence-electron chi connectivity index (χ0n) is 15.7. The van der Waals surface area contributed by atoms with Crippen molar-refractivity contribution < 1.29 is 4.79 Å². The van der Waals surface area contributed by atoms with Crippen molar-refractivity contribution >= 4 is 23.0 Å². The van der Waals surface area contributed by atoms with Gasteiger partial charge in [-0.05, 0) is 58.4 Å². The number of likely N-dealkylation sites (N-methyl/N-ethyl adjacent to an activating group) is 1. The Kier molecular flexibility index (Phi) is 8.92. The topological polar surface area (TPSA) is 46.1 Å². The van der Waals surface area contributed by atoms with Crippen molar-refractivity contribution in [3.63, 3.8) is 0 Å². The highest BCUT2D eigenvalue weighted by atomic mass is 32.1. The molecular formula is C20H27N3OS. The van der Waals surface area contributed by atoms with Crippen LogP contribution >= 0.6 is 12.2 Å². The molecule has 0 N–H and O–H groups in total. The van der Waals surface area contributed by atoms with Crippen molar-refractivity contribution in [3.05, 3.63) is 59.2 Å². The maximum Gasteiger partial charge on any atom is 0.161 e. The summed E-state index contributed by atoms with van der Waals surface area (Å²) in [5.41, 5.74) is 3.85. The molecule has 0 radical (unpaired) electrons. The largest absolute Gasteiger partial charge is 0.366 e. The van der Waals surface area contributed by atoms with Gasteiger partial charge in [0.05, 0.1) is 4.99 Å². The van der Waals surface area contributed by atoms with Gasteiger partial charge in [0.25, 0.3) is 0 Å². The predicted molar refractivity (Wildman–Crippen MR) is 107 cm³/mol. The van der Waals surface area contributed by atoms with E-state index in [1.54, 1.807) is 12.3 Å². The number of nitrogens with zero attached hydrogens (tertiary/aromatic N) is 3. The highest BCUT2D eigenvalue weighted by Crippen LogP contribution is 2.04. The molecule has 0 unspecified atom stereocenters. The van der Waals surface area contributed by atoms with Crippen LogP contribution in [0.15, 0.2) is 36.7 Å². The fourth-order valence-electron chi connectivity index (χ4n) is 2.14. The molecule has 2 heterocycles. The molecule has 0 aliphatic heterocycles. The molecule has 0 fully saturated rings. The summed E-state index contributed by atoms with van der Waals surface area (Å²) in [5.74, 6) is 0.0625. The maximum absolute atomic E-state index is 10.7. The summed E-state index contributed by atoms with van der Waals surface area (Å²) < 4.78 is 0. The second-order valence-electron chi connectivity index (χ2n) is 5.80. The lowest BCUT2D eigenvalue weighted by molar-refractivity contribution is 0.101. The van der Waals surface area contributed by atoms with Crippen molar-refractivity contribution in [2.75, 3.05) is 13.1 Å². The monoisotopic (exact) mass is 357 g/mol. The SMILES string of the molecule is CC(=O)c1ccc(C)nc1.CCN(CC)C(=S)Cc1ccc(C)nc1.